The summed E-state index contributed by atoms with van der Waals surface area (Å²) >= 11 is 0. The van der Waals surface area contributed by atoms with Crippen LogP contribution in [0.3, 0.4) is 0 Å². The van der Waals surface area contributed by atoms with Gasteiger partial charge in [0.25, 0.3) is 0 Å². The Hall–Kier alpha value is -4.45. The highest BCUT2D eigenvalue weighted by molar-refractivity contribution is 7.90. The van der Waals surface area contributed by atoms with Crippen molar-refractivity contribution in [2.24, 2.45) is 0 Å². The summed E-state index contributed by atoms with van der Waals surface area (Å²) in [5.74, 6) is -0.457. The van der Waals surface area contributed by atoms with Crippen LogP contribution in [-0.2, 0) is 38.7 Å². The number of alkyl halides is 3. The molecular formula is C29H27F3N4O4S. The molecule has 41 heavy (non-hydrogen) atoms. The first kappa shape index (κ1) is 29.5. The quantitative estimate of drug-likeness (QED) is 0.306. The van der Waals surface area contributed by atoms with Gasteiger partial charge in [-0.25, -0.2) is 13.1 Å². The molecule has 0 aliphatic carbocycles. The molecule has 0 aliphatic rings. The zero-order valence-electron chi connectivity index (χ0n) is 22.4. The van der Waals surface area contributed by atoms with Crippen LogP contribution >= 0.6 is 0 Å². The van der Waals surface area contributed by atoms with Crippen molar-refractivity contribution in [3.8, 4) is 28.1 Å². The number of benzene rings is 3. The van der Waals surface area contributed by atoms with Crippen molar-refractivity contribution < 1.29 is 31.2 Å². The molecule has 12 heteroatoms. The first-order valence-electron chi connectivity index (χ1n) is 12.4. The molecule has 4 aromatic rings. The molecule has 0 saturated heterocycles. The third-order valence-corrected chi connectivity index (χ3v) is 7.34. The highest BCUT2D eigenvalue weighted by atomic mass is 32.2. The molecule has 2 N–H and O–H groups in total. The van der Waals surface area contributed by atoms with Gasteiger partial charge in [0, 0.05) is 44.3 Å². The number of nitrogens with one attached hydrogen (secondary N) is 2. The van der Waals surface area contributed by atoms with Crippen molar-refractivity contribution in [2.75, 3.05) is 6.26 Å². The van der Waals surface area contributed by atoms with E-state index in [0.29, 0.717) is 16.8 Å². The Balaban J connectivity index is 1.92. The second kappa shape index (κ2) is 11.6. The van der Waals surface area contributed by atoms with Crippen LogP contribution in [-0.4, -0.2) is 36.3 Å². The zero-order chi connectivity index (χ0) is 29.9. The second-order valence-corrected chi connectivity index (χ2v) is 11.5. The van der Waals surface area contributed by atoms with Crippen LogP contribution in [0.15, 0.2) is 77.7 Å². The topological polar surface area (TPSA) is 110 Å². The fourth-order valence-corrected chi connectivity index (χ4v) is 4.83. The van der Waals surface area contributed by atoms with Crippen molar-refractivity contribution >= 4 is 21.7 Å². The summed E-state index contributed by atoms with van der Waals surface area (Å²) in [6.45, 7) is 3.21. The van der Waals surface area contributed by atoms with E-state index in [0.717, 1.165) is 11.8 Å². The van der Waals surface area contributed by atoms with E-state index in [2.05, 4.69) is 15.7 Å². The number of sulfone groups is 1. The van der Waals surface area contributed by atoms with Crippen LogP contribution < -0.4 is 10.6 Å². The summed E-state index contributed by atoms with van der Waals surface area (Å²) in [4.78, 5) is 22.6. The summed E-state index contributed by atoms with van der Waals surface area (Å²) in [5, 5.41) is 9.32. The third kappa shape index (κ3) is 7.01. The molecule has 0 saturated carbocycles. The maximum atomic E-state index is 14.5. The lowest BCUT2D eigenvalue weighted by atomic mass is 9.97. The number of hydrogen-bond acceptors (Lipinski definition) is 5. The van der Waals surface area contributed by atoms with E-state index in [1.165, 1.54) is 54.9 Å². The smallest absolute Gasteiger partial charge is 0.352 e. The van der Waals surface area contributed by atoms with Gasteiger partial charge < -0.3 is 10.6 Å². The molecule has 4 rings (SSSR count). The fourth-order valence-electron chi connectivity index (χ4n) is 4.20. The fraction of sp³-hybridized carbons (Fsp3) is 0.207. The molecule has 0 radical (unpaired) electrons. The molecule has 2 amide bonds. The van der Waals surface area contributed by atoms with Gasteiger partial charge in [-0.2, -0.15) is 18.3 Å². The molecular weight excluding hydrogens is 557 g/mol. The SMILES string of the molecule is CC(=O)NCc1ccc(-c2c(C(F)(F)F)nn(-c3ccc(CNC(C)=O)cc3)c2-c2ccc(S(C)(=O)=O)cc2)cc1. The van der Waals surface area contributed by atoms with E-state index in [9.17, 15) is 31.2 Å². The number of amides is 2. The maximum Gasteiger partial charge on any atom is 0.435 e. The average Bonchev–Trinajstić information content (AvgIpc) is 3.32. The van der Waals surface area contributed by atoms with Crippen molar-refractivity contribution in [3.63, 3.8) is 0 Å². The predicted octanol–water partition coefficient (Wildman–Crippen LogP) is 4.90. The number of nitrogens with zero attached hydrogens (tertiary/aromatic N) is 2. The Labute approximate surface area is 235 Å². The Morgan fingerprint density at radius 3 is 1.68 bits per heavy atom. The van der Waals surface area contributed by atoms with Crippen LogP contribution in [0.2, 0.25) is 0 Å². The van der Waals surface area contributed by atoms with Crippen LogP contribution in [0.5, 0.6) is 0 Å². The van der Waals surface area contributed by atoms with Gasteiger partial charge in [0.2, 0.25) is 11.8 Å². The molecule has 1 heterocycles. The van der Waals surface area contributed by atoms with Crippen molar-refractivity contribution in [1.29, 1.82) is 0 Å². The molecule has 1 aromatic heterocycles. The normalized spacial score (nSPS) is 11.8. The third-order valence-electron chi connectivity index (χ3n) is 6.22. The predicted molar refractivity (Wildman–Crippen MR) is 148 cm³/mol. The van der Waals surface area contributed by atoms with Gasteiger partial charge in [-0.15, -0.1) is 0 Å². The Bertz CT molecular complexity index is 1680. The number of rotatable bonds is 8. The van der Waals surface area contributed by atoms with Crippen LogP contribution in [0.4, 0.5) is 13.2 Å². The van der Waals surface area contributed by atoms with Crippen molar-refractivity contribution in [1.82, 2.24) is 20.4 Å². The lowest BCUT2D eigenvalue weighted by Crippen LogP contribution is -2.18. The molecule has 3 aromatic carbocycles. The van der Waals surface area contributed by atoms with Gasteiger partial charge >= 0.3 is 6.18 Å². The van der Waals surface area contributed by atoms with Gasteiger partial charge in [0.1, 0.15) is 0 Å². The number of hydrogen-bond donors (Lipinski definition) is 2. The molecule has 8 nitrogen and oxygen atoms in total. The second-order valence-electron chi connectivity index (χ2n) is 9.46. The Morgan fingerprint density at radius 1 is 0.780 bits per heavy atom. The molecule has 0 bridgehead atoms. The summed E-state index contributed by atoms with van der Waals surface area (Å²) < 4.78 is 68.6. The number of carbonyl (C=O) groups excluding carboxylic acids is 2. The number of aromatic nitrogens is 2. The highest BCUT2D eigenvalue weighted by Gasteiger charge is 2.40. The molecule has 0 unspecified atom stereocenters. The van der Waals surface area contributed by atoms with E-state index in [4.69, 9.17) is 0 Å². The zero-order valence-corrected chi connectivity index (χ0v) is 23.2. The van der Waals surface area contributed by atoms with Crippen LogP contribution in [0, 0.1) is 0 Å². The lowest BCUT2D eigenvalue weighted by molar-refractivity contribution is -0.140. The first-order chi connectivity index (χ1) is 19.2. The largest absolute Gasteiger partial charge is 0.435 e. The average molecular weight is 585 g/mol. The van der Waals surface area contributed by atoms with Gasteiger partial charge in [-0.1, -0.05) is 48.5 Å². The van der Waals surface area contributed by atoms with E-state index in [1.807, 2.05) is 0 Å². The standard InChI is InChI=1S/C29H27F3N4O4S/c1-18(37)33-16-20-4-8-22(9-5-20)26-27(23-10-14-25(15-11-23)41(3,39)40)36(35-28(26)29(30,31)32)24-12-6-21(7-13-24)17-34-19(2)38/h4-15H,16-17H2,1-3H3,(H,33,37)(H,34,38). The minimum absolute atomic E-state index is 0.0227. The molecule has 0 aliphatic heterocycles. The monoisotopic (exact) mass is 584 g/mol. The molecule has 0 fully saturated rings. The summed E-state index contributed by atoms with van der Waals surface area (Å²) in [5.41, 5.74) is 1.13. The molecule has 214 valence electrons. The number of carbonyl (C=O) groups is 2. The Morgan fingerprint density at radius 2 is 1.24 bits per heavy atom. The van der Waals surface area contributed by atoms with Gasteiger partial charge in [0.15, 0.2) is 15.5 Å². The van der Waals surface area contributed by atoms with E-state index >= 15 is 0 Å². The minimum atomic E-state index is -4.82. The summed E-state index contributed by atoms with van der Waals surface area (Å²) in [6, 6.07) is 18.4. The maximum absolute atomic E-state index is 14.5. The van der Waals surface area contributed by atoms with E-state index in [-0.39, 0.29) is 46.6 Å². The first-order valence-corrected chi connectivity index (χ1v) is 14.3. The summed E-state index contributed by atoms with van der Waals surface area (Å²) in [6.07, 6.45) is -3.77. The Kier molecular flexibility index (Phi) is 8.34. The van der Waals surface area contributed by atoms with Crippen LogP contribution in [0.25, 0.3) is 28.1 Å². The molecule has 0 spiro atoms. The van der Waals surface area contributed by atoms with Gasteiger partial charge in [-0.3, -0.25) is 9.59 Å². The lowest BCUT2D eigenvalue weighted by Gasteiger charge is -2.13. The summed E-state index contributed by atoms with van der Waals surface area (Å²) in [7, 11) is -3.54. The van der Waals surface area contributed by atoms with Gasteiger partial charge in [0.05, 0.1) is 16.3 Å². The highest BCUT2D eigenvalue weighted by Crippen LogP contribution is 2.43. The van der Waals surface area contributed by atoms with Crippen molar-refractivity contribution in [3.05, 3.63) is 89.6 Å². The van der Waals surface area contributed by atoms with Crippen molar-refractivity contribution in [2.45, 2.75) is 38.0 Å². The molecule has 0 atom stereocenters. The van der Waals surface area contributed by atoms with E-state index in [1.54, 1.807) is 36.4 Å². The van der Waals surface area contributed by atoms with Crippen LogP contribution in [0.1, 0.15) is 30.7 Å². The van der Waals surface area contributed by atoms with E-state index < -0.39 is 21.7 Å². The number of halogens is 3. The van der Waals surface area contributed by atoms with Gasteiger partial charge in [-0.05, 0) is 41.0 Å². The minimum Gasteiger partial charge on any atom is -0.352 e.